The molecule has 0 atom stereocenters. The van der Waals surface area contributed by atoms with Gasteiger partial charge >= 0.3 is 0 Å². The van der Waals surface area contributed by atoms with E-state index in [1.54, 1.807) is 24.3 Å². The number of benzene rings is 2. The molecule has 0 aliphatic carbocycles. The van der Waals surface area contributed by atoms with E-state index in [4.69, 9.17) is 4.42 Å². The second-order valence-electron chi connectivity index (χ2n) is 6.05. The number of hydrogen-bond acceptors (Lipinski definition) is 4. The number of hydrogen-bond donors (Lipinski definition) is 2. The summed E-state index contributed by atoms with van der Waals surface area (Å²) in [6.45, 7) is 1.41. The third kappa shape index (κ3) is 5.00. The maximum atomic E-state index is 13.8. The van der Waals surface area contributed by atoms with Crippen LogP contribution in [0.5, 0.6) is 0 Å². The van der Waals surface area contributed by atoms with Crippen LogP contribution in [0.15, 0.2) is 53.1 Å². The molecule has 0 aliphatic heterocycles. The highest BCUT2D eigenvalue weighted by molar-refractivity contribution is 5.92. The molecule has 2 amide bonds. The topological polar surface area (TPSA) is 84.2 Å². The molecule has 6 nitrogen and oxygen atoms in total. The molecule has 0 saturated heterocycles. The van der Waals surface area contributed by atoms with Gasteiger partial charge < -0.3 is 15.1 Å². The van der Waals surface area contributed by atoms with E-state index >= 15 is 0 Å². The van der Waals surface area contributed by atoms with Crippen LogP contribution in [0.3, 0.4) is 0 Å². The van der Waals surface area contributed by atoms with Crippen molar-refractivity contribution in [3.8, 4) is 11.3 Å². The molecule has 1 aromatic heterocycles. The molecule has 0 radical (unpaired) electrons. The summed E-state index contributed by atoms with van der Waals surface area (Å²) < 4.78 is 32.2. The Labute approximate surface area is 159 Å². The molecule has 0 fully saturated rings. The Bertz CT molecular complexity index is 1000. The first kappa shape index (κ1) is 19.2. The lowest BCUT2D eigenvalue weighted by atomic mass is 10.2. The number of aromatic nitrogens is 1. The molecule has 144 valence electrons. The highest BCUT2D eigenvalue weighted by Crippen LogP contribution is 2.24. The van der Waals surface area contributed by atoms with Gasteiger partial charge in [-0.3, -0.25) is 9.59 Å². The van der Waals surface area contributed by atoms with E-state index < -0.39 is 11.6 Å². The predicted molar refractivity (Wildman–Crippen MR) is 99.6 cm³/mol. The van der Waals surface area contributed by atoms with Gasteiger partial charge in [0.15, 0.2) is 11.7 Å². The molecule has 28 heavy (non-hydrogen) atoms. The number of rotatable bonds is 6. The molecule has 0 bridgehead atoms. The van der Waals surface area contributed by atoms with E-state index in [1.807, 2.05) is 0 Å². The number of amides is 2. The first-order chi connectivity index (χ1) is 13.4. The number of aryl methyl sites for hydroxylation is 1. The van der Waals surface area contributed by atoms with Crippen LogP contribution < -0.4 is 10.6 Å². The van der Waals surface area contributed by atoms with Gasteiger partial charge in [0.1, 0.15) is 11.6 Å². The van der Waals surface area contributed by atoms with Crippen LogP contribution in [-0.2, 0) is 16.0 Å². The van der Waals surface area contributed by atoms with Crippen molar-refractivity contribution in [2.24, 2.45) is 0 Å². The Morgan fingerprint density at radius 3 is 2.36 bits per heavy atom. The maximum Gasteiger partial charge on any atom is 0.224 e. The number of halogens is 2. The second kappa shape index (κ2) is 8.43. The number of oxazole rings is 1. The fourth-order valence-corrected chi connectivity index (χ4v) is 2.52. The highest BCUT2D eigenvalue weighted by Gasteiger charge is 2.13. The number of nitrogens with zero attached hydrogens (tertiary/aromatic N) is 1. The summed E-state index contributed by atoms with van der Waals surface area (Å²) in [6.07, 6.45) is 1.67. The lowest BCUT2D eigenvalue weighted by Gasteiger charge is -2.06. The molecule has 2 N–H and O–H groups in total. The van der Waals surface area contributed by atoms with Gasteiger partial charge in [-0.25, -0.2) is 13.8 Å². The van der Waals surface area contributed by atoms with Crippen LogP contribution in [0.4, 0.5) is 20.2 Å². The molecule has 3 rings (SSSR count). The van der Waals surface area contributed by atoms with Gasteiger partial charge in [-0.15, -0.1) is 0 Å². The minimum absolute atomic E-state index is 0.101. The van der Waals surface area contributed by atoms with E-state index in [0.29, 0.717) is 11.4 Å². The van der Waals surface area contributed by atoms with Crippen molar-refractivity contribution in [1.82, 2.24) is 4.98 Å². The predicted octanol–water partition coefficient (Wildman–Crippen LogP) is 4.15. The Morgan fingerprint density at radius 2 is 1.71 bits per heavy atom. The van der Waals surface area contributed by atoms with Crippen LogP contribution >= 0.6 is 0 Å². The fraction of sp³-hybridized carbons (Fsp3) is 0.150. The molecule has 0 unspecified atom stereocenters. The zero-order valence-electron chi connectivity index (χ0n) is 15.0. The zero-order chi connectivity index (χ0) is 20.1. The Balaban J connectivity index is 1.55. The lowest BCUT2D eigenvalue weighted by molar-refractivity contribution is -0.116. The lowest BCUT2D eigenvalue weighted by Crippen LogP contribution is -2.12. The Kier molecular flexibility index (Phi) is 5.78. The number of nitrogens with one attached hydrogen (secondary N) is 2. The van der Waals surface area contributed by atoms with Gasteiger partial charge in [-0.2, -0.15) is 0 Å². The zero-order valence-corrected chi connectivity index (χ0v) is 15.0. The number of anilines is 2. The summed E-state index contributed by atoms with van der Waals surface area (Å²) in [4.78, 5) is 27.1. The second-order valence-corrected chi connectivity index (χ2v) is 6.05. The monoisotopic (exact) mass is 385 g/mol. The summed E-state index contributed by atoms with van der Waals surface area (Å²) in [7, 11) is 0. The van der Waals surface area contributed by atoms with Gasteiger partial charge in [0, 0.05) is 37.2 Å². The van der Waals surface area contributed by atoms with Crippen LogP contribution in [-0.4, -0.2) is 16.8 Å². The van der Waals surface area contributed by atoms with Gasteiger partial charge in [-0.05, 0) is 36.4 Å². The summed E-state index contributed by atoms with van der Waals surface area (Å²) in [6, 6.07) is 9.86. The Hall–Kier alpha value is -3.55. The van der Waals surface area contributed by atoms with Crippen LogP contribution in [0, 0.1) is 11.6 Å². The first-order valence-electron chi connectivity index (χ1n) is 8.48. The molecule has 3 aromatic rings. The van der Waals surface area contributed by atoms with E-state index in [1.165, 1.54) is 19.2 Å². The van der Waals surface area contributed by atoms with Gasteiger partial charge in [-0.1, -0.05) is 0 Å². The third-order valence-electron chi connectivity index (χ3n) is 3.81. The van der Waals surface area contributed by atoms with Crippen LogP contribution in [0.25, 0.3) is 11.3 Å². The van der Waals surface area contributed by atoms with Crippen molar-refractivity contribution in [3.63, 3.8) is 0 Å². The maximum absolute atomic E-state index is 13.8. The molecular weight excluding hydrogens is 368 g/mol. The normalized spacial score (nSPS) is 10.5. The molecule has 0 spiro atoms. The van der Waals surface area contributed by atoms with Gasteiger partial charge in [0.2, 0.25) is 11.8 Å². The molecular formula is C20H17F2N3O3. The average molecular weight is 385 g/mol. The minimum atomic E-state index is -0.747. The molecule has 2 aromatic carbocycles. The largest absolute Gasteiger partial charge is 0.441 e. The Morgan fingerprint density at radius 1 is 1.04 bits per heavy atom. The van der Waals surface area contributed by atoms with Crippen molar-refractivity contribution in [1.29, 1.82) is 0 Å². The van der Waals surface area contributed by atoms with E-state index in [9.17, 15) is 18.4 Å². The summed E-state index contributed by atoms with van der Waals surface area (Å²) in [5.41, 5.74) is 1.32. The summed E-state index contributed by atoms with van der Waals surface area (Å²) >= 11 is 0. The van der Waals surface area contributed by atoms with Gasteiger partial charge in [0.05, 0.1) is 11.8 Å². The van der Waals surface area contributed by atoms with E-state index in [-0.39, 0.29) is 41.9 Å². The van der Waals surface area contributed by atoms with Crippen molar-refractivity contribution in [2.75, 3.05) is 10.6 Å². The average Bonchev–Trinajstić information content (AvgIpc) is 3.10. The number of carbonyl (C=O) groups is 2. The minimum Gasteiger partial charge on any atom is -0.441 e. The van der Waals surface area contributed by atoms with E-state index in [2.05, 4.69) is 15.6 Å². The SMILES string of the molecule is CC(=O)Nc1ccc(NC(=O)CCc2ncc(-c3ccc(F)cc3F)o2)cc1. The van der Waals surface area contributed by atoms with Crippen molar-refractivity contribution in [3.05, 3.63) is 66.2 Å². The summed E-state index contributed by atoms with van der Waals surface area (Å²) in [5, 5.41) is 5.36. The third-order valence-corrected chi connectivity index (χ3v) is 3.81. The molecule has 0 aliphatic rings. The summed E-state index contributed by atoms with van der Waals surface area (Å²) in [5.74, 6) is -1.41. The highest BCUT2D eigenvalue weighted by atomic mass is 19.1. The quantitative estimate of drug-likeness (QED) is 0.668. The molecule has 1 heterocycles. The van der Waals surface area contributed by atoms with Gasteiger partial charge in [0.25, 0.3) is 0 Å². The standard InChI is InChI=1S/C20H17F2N3O3/c1-12(26)24-14-3-5-15(6-4-14)25-19(27)8-9-20-23-11-18(28-20)16-7-2-13(21)10-17(16)22/h2-7,10-11H,8-9H2,1H3,(H,24,26)(H,25,27). The first-order valence-corrected chi connectivity index (χ1v) is 8.48. The smallest absolute Gasteiger partial charge is 0.224 e. The molecule has 0 saturated carbocycles. The van der Waals surface area contributed by atoms with Crippen molar-refractivity contribution < 1.29 is 22.8 Å². The number of carbonyl (C=O) groups excluding carboxylic acids is 2. The molecule has 8 heteroatoms. The van der Waals surface area contributed by atoms with E-state index in [0.717, 1.165) is 12.1 Å². The van der Waals surface area contributed by atoms with Crippen LogP contribution in [0.1, 0.15) is 19.2 Å². The van der Waals surface area contributed by atoms with Crippen molar-refractivity contribution in [2.45, 2.75) is 19.8 Å². The van der Waals surface area contributed by atoms with Crippen molar-refractivity contribution >= 4 is 23.2 Å². The van der Waals surface area contributed by atoms with Crippen LogP contribution in [0.2, 0.25) is 0 Å². The fourth-order valence-electron chi connectivity index (χ4n) is 2.52.